The number of nitrogens with zero attached hydrogens (tertiary/aromatic N) is 1. The number of pyridine rings is 1. The van der Waals surface area contributed by atoms with E-state index in [9.17, 15) is 0 Å². The predicted octanol–water partition coefficient (Wildman–Crippen LogP) is 3.48. The molecule has 1 aromatic rings. The summed E-state index contributed by atoms with van der Waals surface area (Å²) in [5, 5.41) is 0. The summed E-state index contributed by atoms with van der Waals surface area (Å²) in [7, 11) is 0. The summed E-state index contributed by atoms with van der Waals surface area (Å²) in [6.07, 6.45) is 6.23. The van der Waals surface area contributed by atoms with Crippen molar-refractivity contribution in [1.29, 1.82) is 0 Å². The maximum Gasteiger partial charge on any atom is 0.0655 e. The molecule has 2 atom stereocenters. The number of allylic oxidation sites excluding steroid dienone is 1. The van der Waals surface area contributed by atoms with Crippen LogP contribution in [0.3, 0.4) is 0 Å². The minimum atomic E-state index is 0.821. The van der Waals surface area contributed by atoms with Crippen LogP contribution in [0.5, 0.6) is 0 Å². The summed E-state index contributed by atoms with van der Waals surface area (Å²) in [5.41, 5.74) is 5.24. The Labute approximate surface area is 84.9 Å². The van der Waals surface area contributed by atoms with Crippen LogP contribution in [0.4, 0.5) is 0 Å². The van der Waals surface area contributed by atoms with E-state index < -0.39 is 0 Å². The second kappa shape index (κ2) is 2.69. The molecule has 0 spiro atoms. The van der Waals surface area contributed by atoms with Gasteiger partial charge in [-0.3, -0.25) is 4.98 Å². The van der Waals surface area contributed by atoms with E-state index in [1.54, 1.807) is 5.56 Å². The number of hydrogen-bond donors (Lipinski definition) is 0. The molecule has 0 saturated heterocycles. The van der Waals surface area contributed by atoms with Crippen molar-refractivity contribution in [2.45, 2.75) is 38.0 Å². The Morgan fingerprint density at radius 1 is 1.36 bits per heavy atom. The van der Waals surface area contributed by atoms with Gasteiger partial charge in [-0.05, 0) is 60.8 Å². The molecule has 1 aromatic heterocycles. The SMILES string of the molecule is C=C(C)c1cc2c(cn1)C1CCC2C1. The van der Waals surface area contributed by atoms with Crippen molar-refractivity contribution in [3.63, 3.8) is 0 Å². The normalized spacial score (nSPS) is 27.8. The lowest BCUT2D eigenvalue weighted by Crippen LogP contribution is -2.00. The third-order valence-electron chi connectivity index (χ3n) is 3.72. The molecule has 3 rings (SSSR count). The summed E-state index contributed by atoms with van der Waals surface area (Å²) in [6.45, 7) is 5.98. The van der Waals surface area contributed by atoms with Crippen LogP contribution in [0.15, 0.2) is 18.8 Å². The molecule has 0 radical (unpaired) electrons. The lowest BCUT2D eigenvalue weighted by Gasteiger charge is -2.15. The number of hydrogen-bond acceptors (Lipinski definition) is 1. The lowest BCUT2D eigenvalue weighted by atomic mass is 9.92. The number of aromatic nitrogens is 1. The van der Waals surface area contributed by atoms with Crippen molar-refractivity contribution in [3.05, 3.63) is 35.7 Å². The predicted molar refractivity (Wildman–Crippen MR) is 58.3 cm³/mol. The smallest absolute Gasteiger partial charge is 0.0655 e. The van der Waals surface area contributed by atoms with Crippen LogP contribution in [-0.4, -0.2) is 4.98 Å². The lowest BCUT2D eigenvalue weighted by molar-refractivity contribution is 0.713. The average Bonchev–Trinajstić information content (AvgIpc) is 2.77. The van der Waals surface area contributed by atoms with Crippen LogP contribution >= 0.6 is 0 Å². The summed E-state index contributed by atoms with van der Waals surface area (Å²) in [6, 6.07) is 2.27. The number of rotatable bonds is 1. The zero-order chi connectivity index (χ0) is 9.71. The van der Waals surface area contributed by atoms with Gasteiger partial charge in [0.25, 0.3) is 0 Å². The molecular formula is C13H15N. The van der Waals surface area contributed by atoms with Gasteiger partial charge in [-0.1, -0.05) is 6.58 Å². The van der Waals surface area contributed by atoms with E-state index in [2.05, 4.69) is 23.8 Å². The molecular weight excluding hydrogens is 170 g/mol. The summed E-state index contributed by atoms with van der Waals surface area (Å²) in [4.78, 5) is 4.47. The third-order valence-corrected chi connectivity index (χ3v) is 3.72. The quantitative estimate of drug-likeness (QED) is 0.652. The molecule has 0 aliphatic heterocycles. The molecule has 0 N–H and O–H groups in total. The minimum absolute atomic E-state index is 0.821. The van der Waals surface area contributed by atoms with Crippen LogP contribution in [-0.2, 0) is 0 Å². The van der Waals surface area contributed by atoms with Gasteiger partial charge in [0.2, 0.25) is 0 Å². The number of fused-ring (bicyclic) bond motifs is 5. The minimum Gasteiger partial charge on any atom is -0.256 e. The highest BCUT2D eigenvalue weighted by molar-refractivity contribution is 5.60. The van der Waals surface area contributed by atoms with Crippen LogP contribution in [0.2, 0.25) is 0 Å². The van der Waals surface area contributed by atoms with Gasteiger partial charge in [0.1, 0.15) is 0 Å². The van der Waals surface area contributed by atoms with E-state index in [-0.39, 0.29) is 0 Å². The molecule has 14 heavy (non-hydrogen) atoms. The molecule has 1 nitrogen and oxygen atoms in total. The van der Waals surface area contributed by atoms with Gasteiger partial charge >= 0.3 is 0 Å². The van der Waals surface area contributed by atoms with Crippen molar-refractivity contribution in [1.82, 2.24) is 4.98 Å². The first kappa shape index (κ1) is 8.22. The second-order valence-electron chi connectivity index (χ2n) is 4.69. The van der Waals surface area contributed by atoms with Gasteiger partial charge in [0.15, 0.2) is 0 Å². The molecule has 1 fully saturated rings. The molecule has 2 unspecified atom stereocenters. The van der Waals surface area contributed by atoms with Gasteiger partial charge in [-0.25, -0.2) is 0 Å². The highest BCUT2D eigenvalue weighted by Crippen LogP contribution is 2.52. The molecule has 72 valence electrons. The van der Waals surface area contributed by atoms with Gasteiger partial charge in [0.05, 0.1) is 5.69 Å². The van der Waals surface area contributed by atoms with Crippen molar-refractivity contribution < 1.29 is 0 Å². The van der Waals surface area contributed by atoms with Gasteiger partial charge < -0.3 is 0 Å². The van der Waals surface area contributed by atoms with E-state index in [0.29, 0.717) is 0 Å². The summed E-state index contributed by atoms with van der Waals surface area (Å²) in [5.74, 6) is 1.65. The molecule has 2 aliphatic rings. The zero-order valence-corrected chi connectivity index (χ0v) is 8.59. The molecule has 2 bridgehead atoms. The van der Waals surface area contributed by atoms with Gasteiger partial charge in [0, 0.05) is 6.20 Å². The topological polar surface area (TPSA) is 12.9 Å². The molecule has 1 heterocycles. The summed E-state index contributed by atoms with van der Waals surface area (Å²) >= 11 is 0. The maximum atomic E-state index is 4.47. The Balaban J connectivity index is 2.12. The van der Waals surface area contributed by atoms with Gasteiger partial charge in [-0.15, -0.1) is 0 Å². The van der Waals surface area contributed by atoms with E-state index in [1.165, 1.54) is 24.8 Å². The van der Waals surface area contributed by atoms with E-state index >= 15 is 0 Å². The highest BCUT2D eigenvalue weighted by Gasteiger charge is 2.36. The Bertz CT molecular complexity index is 406. The largest absolute Gasteiger partial charge is 0.256 e. The fourth-order valence-corrected chi connectivity index (χ4v) is 2.96. The summed E-state index contributed by atoms with van der Waals surface area (Å²) < 4.78 is 0. The standard InChI is InChI=1S/C13H15N/c1-8(2)13-6-11-9-3-4-10(5-9)12(11)7-14-13/h6-7,9-10H,1,3-5H2,2H3. The van der Waals surface area contributed by atoms with Crippen molar-refractivity contribution in [3.8, 4) is 0 Å². The second-order valence-corrected chi connectivity index (χ2v) is 4.69. The van der Waals surface area contributed by atoms with Crippen LogP contribution in [0, 0.1) is 0 Å². The van der Waals surface area contributed by atoms with Crippen molar-refractivity contribution in [2.24, 2.45) is 0 Å². The molecule has 2 aliphatic carbocycles. The zero-order valence-electron chi connectivity index (χ0n) is 8.59. The van der Waals surface area contributed by atoms with Crippen LogP contribution in [0.1, 0.15) is 54.8 Å². The first-order chi connectivity index (χ1) is 6.75. The van der Waals surface area contributed by atoms with Crippen LogP contribution in [0.25, 0.3) is 5.57 Å². The molecule has 0 aromatic carbocycles. The first-order valence-corrected chi connectivity index (χ1v) is 5.41. The maximum absolute atomic E-state index is 4.47. The molecule has 1 saturated carbocycles. The molecule has 1 heteroatoms. The Hall–Kier alpha value is -1.11. The fourth-order valence-electron chi connectivity index (χ4n) is 2.96. The highest BCUT2D eigenvalue weighted by atomic mass is 14.7. The van der Waals surface area contributed by atoms with Crippen molar-refractivity contribution in [2.75, 3.05) is 0 Å². The monoisotopic (exact) mass is 185 g/mol. The first-order valence-electron chi connectivity index (χ1n) is 5.41. The average molecular weight is 185 g/mol. The van der Waals surface area contributed by atoms with E-state index in [0.717, 1.165) is 23.1 Å². The van der Waals surface area contributed by atoms with E-state index in [4.69, 9.17) is 0 Å². The Kier molecular flexibility index (Phi) is 1.58. The molecule has 0 amide bonds. The van der Waals surface area contributed by atoms with Crippen LogP contribution < -0.4 is 0 Å². The fraction of sp³-hybridized carbons (Fsp3) is 0.462. The Morgan fingerprint density at radius 3 is 2.79 bits per heavy atom. The van der Waals surface area contributed by atoms with Crippen molar-refractivity contribution >= 4 is 5.57 Å². The van der Waals surface area contributed by atoms with E-state index in [1.807, 2.05) is 6.92 Å². The Morgan fingerprint density at radius 2 is 2.07 bits per heavy atom. The third kappa shape index (κ3) is 0.985. The van der Waals surface area contributed by atoms with Gasteiger partial charge in [-0.2, -0.15) is 0 Å².